The molecule has 0 bridgehead atoms. The summed E-state index contributed by atoms with van der Waals surface area (Å²) in [5.41, 5.74) is 3.07. The highest BCUT2D eigenvalue weighted by atomic mass is 32.2. The molecule has 32 heavy (non-hydrogen) atoms. The Morgan fingerprint density at radius 3 is 2.34 bits per heavy atom. The van der Waals surface area contributed by atoms with E-state index in [9.17, 15) is 13.2 Å². The van der Waals surface area contributed by atoms with Crippen molar-refractivity contribution in [1.29, 1.82) is 0 Å². The first kappa shape index (κ1) is 23.8. The molecule has 0 aromatic heterocycles. The lowest BCUT2D eigenvalue weighted by Gasteiger charge is -2.28. The third kappa shape index (κ3) is 5.90. The molecule has 0 atom stereocenters. The van der Waals surface area contributed by atoms with Crippen molar-refractivity contribution >= 4 is 38.7 Å². The van der Waals surface area contributed by atoms with E-state index in [1.165, 1.54) is 20.2 Å². The Hall–Kier alpha value is -2.82. The van der Waals surface area contributed by atoms with Crippen molar-refractivity contribution < 1.29 is 17.9 Å². The molecule has 1 amide bonds. The summed E-state index contributed by atoms with van der Waals surface area (Å²) < 4.78 is 31.5. The van der Waals surface area contributed by atoms with Crippen molar-refractivity contribution in [2.75, 3.05) is 74.3 Å². The van der Waals surface area contributed by atoms with Crippen LogP contribution in [0.5, 0.6) is 0 Å². The first-order valence-electron chi connectivity index (χ1n) is 10.6. The Labute approximate surface area is 189 Å². The topological polar surface area (TPSA) is 103 Å². The van der Waals surface area contributed by atoms with E-state index in [0.29, 0.717) is 17.9 Å². The lowest BCUT2D eigenvalue weighted by Crippen LogP contribution is -2.36. The van der Waals surface area contributed by atoms with Crippen LogP contribution in [-0.2, 0) is 19.6 Å². The summed E-state index contributed by atoms with van der Waals surface area (Å²) >= 11 is 0. The molecule has 9 nitrogen and oxygen atoms in total. The highest BCUT2D eigenvalue weighted by Gasteiger charge is 2.19. The second kappa shape index (κ2) is 10.7. The Morgan fingerprint density at radius 2 is 1.72 bits per heavy atom. The summed E-state index contributed by atoms with van der Waals surface area (Å²) in [7, 11) is -0.609. The fourth-order valence-electron chi connectivity index (χ4n) is 3.34. The number of rotatable bonds is 9. The molecular weight excluding hydrogens is 430 g/mol. The third-order valence-corrected chi connectivity index (χ3v) is 6.91. The van der Waals surface area contributed by atoms with E-state index < -0.39 is 10.0 Å². The van der Waals surface area contributed by atoms with Gasteiger partial charge in [0.25, 0.3) is 0 Å². The minimum absolute atomic E-state index is 0.00489. The second-order valence-electron chi connectivity index (χ2n) is 7.57. The van der Waals surface area contributed by atoms with Gasteiger partial charge in [-0.15, -0.1) is 0 Å². The van der Waals surface area contributed by atoms with Gasteiger partial charge in [-0.3, -0.25) is 4.79 Å². The van der Waals surface area contributed by atoms with Crippen LogP contribution in [0, 0.1) is 0 Å². The highest BCUT2D eigenvalue weighted by Crippen LogP contribution is 2.26. The average Bonchev–Trinajstić information content (AvgIpc) is 2.79. The number of benzene rings is 2. The number of anilines is 4. The molecule has 3 N–H and O–H groups in total. The molecule has 2 aromatic rings. The first-order chi connectivity index (χ1) is 15.3. The number of hydrogen-bond acceptors (Lipinski definition) is 7. The first-order valence-corrected chi connectivity index (χ1v) is 12.0. The van der Waals surface area contributed by atoms with Gasteiger partial charge in [-0.05, 0) is 49.4 Å². The predicted molar refractivity (Wildman–Crippen MR) is 128 cm³/mol. The van der Waals surface area contributed by atoms with E-state index in [2.05, 4.69) is 20.9 Å². The fraction of sp³-hybridized carbons (Fsp3) is 0.409. The van der Waals surface area contributed by atoms with Crippen LogP contribution < -0.4 is 20.9 Å². The Morgan fingerprint density at radius 1 is 1.03 bits per heavy atom. The average molecular weight is 462 g/mol. The lowest BCUT2D eigenvalue weighted by atomic mass is 10.2. The minimum Gasteiger partial charge on any atom is -0.384 e. The molecule has 0 aliphatic carbocycles. The Bertz CT molecular complexity index is 1020. The number of hydrogen-bond donors (Lipinski definition) is 3. The van der Waals surface area contributed by atoms with E-state index in [1.54, 1.807) is 12.1 Å². The standard InChI is InChI=1S/C22H31N5O4S/c1-4-23-20-10-9-19(32(29,30)26(2)3)15-21(20)24-16-22(28)25-17-5-7-18(8-6-17)27-11-13-31-14-12-27/h5-10,15,23-24H,4,11-14,16H2,1-3H3,(H,25,28). The molecule has 10 heteroatoms. The highest BCUT2D eigenvalue weighted by molar-refractivity contribution is 7.89. The van der Waals surface area contributed by atoms with E-state index in [4.69, 9.17) is 4.74 Å². The number of morpholine rings is 1. The van der Waals surface area contributed by atoms with Crippen LogP contribution in [0.25, 0.3) is 0 Å². The van der Waals surface area contributed by atoms with Gasteiger partial charge in [0.15, 0.2) is 0 Å². The summed E-state index contributed by atoms with van der Waals surface area (Å²) in [4.78, 5) is 14.9. The molecule has 0 radical (unpaired) electrons. The van der Waals surface area contributed by atoms with E-state index in [0.717, 1.165) is 42.0 Å². The summed E-state index contributed by atoms with van der Waals surface area (Å²) in [6, 6.07) is 12.5. The van der Waals surface area contributed by atoms with E-state index in [-0.39, 0.29) is 17.3 Å². The summed E-state index contributed by atoms with van der Waals surface area (Å²) in [6.45, 7) is 5.75. The maximum absolute atomic E-state index is 12.5. The molecule has 0 spiro atoms. The maximum atomic E-state index is 12.5. The van der Waals surface area contributed by atoms with Gasteiger partial charge >= 0.3 is 0 Å². The molecule has 2 aromatic carbocycles. The molecule has 174 valence electrons. The SMILES string of the molecule is CCNc1ccc(S(=O)(=O)N(C)C)cc1NCC(=O)Nc1ccc(N2CCOCC2)cc1. The molecule has 1 aliphatic heterocycles. The van der Waals surface area contributed by atoms with Gasteiger partial charge in [-0.25, -0.2) is 12.7 Å². The molecule has 1 aliphatic rings. The van der Waals surface area contributed by atoms with Crippen molar-refractivity contribution in [3.8, 4) is 0 Å². The van der Waals surface area contributed by atoms with Gasteiger partial charge < -0.3 is 25.6 Å². The van der Waals surface area contributed by atoms with Crippen molar-refractivity contribution in [3.63, 3.8) is 0 Å². The largest absolute Gasteiger partial charge is 0.384 e. The van der Waals surface area contributed by atoms with Crippen molar-refractivity contribution in [3.05, 3.63) is 42.5 Å². The van der Waals surface area contributed by atoms with E-state index >= 15 is 0 Å². The Balaban J connectivity index is 1.64. The van der Waals surface area contributed by atoms with Crippen LogP contribution in [0.15, 0.2) is 47.4 Å². The van der Waals surface area contributed by atoms with E-state index in [1.807, 2.05) is 31.2 Å². The Kier molecular flexibility index (Phi) is 7.94. The predicted octanol–water partition coefficient (Wildman–Crippen LogP) is 2.26. The second-order valence-corrected chi connectivity index (χ2v) is 9.73. The summed E-state index contributed by atoms with van der Waals surface area (Å²) in [5, 5.41) is 9.10. The summed E-state index contributed by atoms with van der Waals surface area (Å²) in [5.74, 6) is -0.229. The van der Waals surface area contributed by atoms with Crippen LogP contribution in [0.3, 0.4) is 0 Å². The zero-order valence-electron chi connectivity index (χ0n) is 18.7. The van der Waals surface area contributed by atoms with Gasteiger partial charge in [0.2, 0.25) is 15.9 Å². The quantitative estimate of drug-likeness (QED) is 0.526. The third-order valence-electron chi connectivity index (χ3n) is 5.10. The molecule has 1 fully saturated rings. The smallest absolute Gasteiger partial charge is 0.243 e. The minimum atomic E-state index is -3.58. The molecular formula is C22H31N5O4S. The summed E-state index contributed by atoms with van der Waals surface area (Å²) in [6.07, 6.45) is 0. The van der Waals surface area contributed by atoms with Gasteiger partial charge in [0.05, 0.1) is 36.0 Å². The molecule has 1 saturated heterocycles. The number of carbonyl (C=O) groups excluding carboxylic acids is 1. The monoisotopic (exact) mass is 461 g/mol. The van der Waals surface area contributed by atoms with Crippen LogP contribution in [0.4, 0.5) is 22.7 Å². The van der Waals surface area contributed by atoms with Crippen LogP contribution in [-0.4, -0.2) is 72.1 Å². The van der Waals surface area contributed by atoms with Crippen molar-refractivity contribution in [1.82, 2.24) is 4.31 Å². The van der Waals surface area contributed by atoms with Gasteiger partial charge in [-0.1, -0.05) is 0 Å². The van der Waals surface area contributed by atoms with Crippen LogP contribution >= 0.6 is 0 Å². The number of amides is 1. The number of nitrogens with one attached hydrogen (secondary N) is 3. The number of nitrogens with zero attached hydrogens (tertiary/aromatic N) is 2. The van der Waals surface area contributed by atoms with Gasteiger partial charge in [0.1, 0.15) is 0 Å². The van der Waals surface area contributed by atoms with Crippen LogP contribution in [0.1, 0.15) is 6.92 Å². The molecule has 0 unspecified atom stereocenters. The lowest BCUT2D eigenvalue weighted by molar-refractivity contribution is -0.114. The number of sulfonamides is 1. The fourth-order valence-corrected chi connectivity index (χ4v) is 4.27. The zero-order valence-corrected chi connectivity index (χ0v) is 19.5. The zero-order chi connectivity index (χ0) is 23.1. The van der Waals surface area contributed by atoms with Crippen LogP contribution in [0.2, 0.25) is 0 Å². The molecule has 3 rings (SSSR count). The van der Waals surface area contributed by atoms with Crippen molar-refractivity contribution in [2.24, 2.45) is 0 Å². The number of carbonyl (C=O) groups is 1. The van der Waals surface area contributed by atoms with Crippen molar-refractivity contribution in [2.45, 2.75) is 11.8 Å². The maximum Gasteiger partial charge on any atom is 0.243 e. The number of ether oxygens (including phenoxy) is 1. The van der Waals surface area contributed by atoms with Gasteiger partial charge in [0, 0.05) is 45.1 Å². The van der Waals surface area contributed by atoms with Gasteiger partial charge in [-0.2, -0.15) is 0 Å². The normalized spacial score (nSPS) is 14.3. The molecule has 1 heterocycles. The molecule has 0 saturated carbocycles.